The molecule has 5 nitrogen and oxygen atoms in total. The van der Waals surface area contributed by atoms with Gasteiger partial charge in [-0.1, -0.05) is 18.2 Å². The van der Waals surface area contributed by atoms with Crippen molar-refractivity contribution in [2.24, 2.45) is 0 Å². The third-order valence-corrected chi connectivity index (χ3v) is 3.92. The lowest BCUT2D eigenvalue weighted by Gasteiger charge is -2.32. The van der Waals surface area contributed by atoms with E-state index in [1.54, 1.807) is 23.1 Å². The molecular weight excluding hydrogens is 280 g/mol. The van der Waals surface area contributed by atoms with Gasteiger partial charge in [-0.05, 0) is 31.0 Å². The lowest BCUT2D eigenvalue weighted by Crippen LogP contribution is -2.46. The number of amides is 2. The van der Waals surface area contributed by atoms with Crippen molar-refractivity contribution in [1.82, 2.24) is 10.2 Å². The Bertz CT molecular complexity index is 629. The van der Waals surface area contributed by atoms with E-state index in [1.807, 2.05) is 18.2 Å². The molecular formula is C17H18N2O3. The van der Waals surface area contributed by atoms with Crippen molar-refractivity contribution in [3.05, 3.63) is 60.1 Å². The maximum atomic E-state index is 12.2. The standard InChI is InChI=1S/C17H18N2O3/c20-16(13-4-2-1-3-5-13)18-15-6-9-19(10-7-15)17(21)14-8-11-22-12-14/h1-5,8,11-12,15H,6-7,9-10H2,(H,18,20). The van der Waals surface area contributed by atoms with Crippen LogP contribution in [0.1, 0.15) is 33.6 Å². The van der Waals surface area contributed by atoms with Crippen LogP contribution in [0.5, 0.6) is 0 Å². The fourth-order valence-electron chi connectivity index (χ4n) is 2.65. The number of rotatable bonds is 3. The molecule has 1 fully saturated rings. The zero-order chi connectivity index (χ0) is 15.4. The number of nitrogens with one attached hydrogen (secondary N) is 1. The normalized spacial score (nSPS) is 15.5. The van der Waals surface area contributed by atoms with E-state index in [9.17, 15) is 9.59 Å². The Morgan fingerprint density at radius 1 is 1.05 bits per heavy atom. The smallest absolute Gasteiger partial charge is 0.257 e. The molecule has 0 radical (unpaired) electrons. The number of hydrogen-bond acceptors (Lipinski definition) is 3. The predicted molar refractivity (Wildman–Crippen MR) is 81.5 cm³/mol. The van der Waals surface area contributed by atoms with Crippen LogP contribution >= 0.6 is 0 Å². The minimum atomic E-state index is -0.0554. The molecule has 1 aromatic carbocycles. The third-order valence-electron chi connectivity index (χ3n) is 3.92. The average molecular weight is 298 g/mol. The number of hydrogen-bond donors (Lipinski definition) is 1. The summed E-state index contributed by atoms with van der Waals surface area (Å²) in [5, 5.41) is 3.03. The van der Waals surface area contributed by atoms with Gasteiger partial charge in [-0.3, -0.25) is 9.59 Å². The SMILES string of the molecule is O=C(NC1CCN(C(=O)c2ccoc2)CC1)c1ccccc1. The van der Waals surface area contributed by atoms with Crippen molar-refractivity contribution in [1.29, 1.82) is 0 Å². The van der Waals surface area contributed by atoms with E-state index >= 15 is 0 Å². The van der Waals surface area contributed by atoms with Gasteiger partial charge in [-0.15, -0.1) is 0 Å². The number of likely N-dealkylation sites (tertiary alicyclic amines) is 1. The van der Waals surface area contributed by atoms with Gasteiger partial charge >= 0.3 is 0 Å². The second kappa shape index (κ2) is 6.47. The first-order valence-electron chi connectivity index (χ1n) is 7.41. The fraction of sp³-hybridized carbons (Fsp3) is 0.294. The molecule has 1 aliphatic heterocycles. The molecule has 1 saturated heterocycles. The van der Waals surface area contributed by atoms with Crippen LogP contribution in [-0.4, -0.2) is 35.8 Å². The molecule has 114 valence electrons. The minimum Gasteiger partial charge on any atom is -0.472 e. The van der Waals surface area contributed by atoms with Gasteiger partial charge in [-0.2, -0.15) is 0 Å². The summed E-state index contributed by atoms with van der Waals surface area (Å²) in [6.45, 7) is 1.29. The Balaban J connectivity index is 1.52. The predicted octanol–water partition coefficient (Wildman–Crippen LogP) is 2.31. The molecule has 0 aliphatic carbocycles. The van der Waals surface area contributed by atoms with E-state index in [4.69, 9.17) is 4.42 Å². The van der Waals surface area contributed by atoms with Crippen LogP contribution in [0.2, 0.25) is 0 Å². The summed E-state index contributed by atoms with van der Waals surface area (Å²) in [6, 6.07) is 11.0. The summed E-state index contributed by atoms with van der Waals surface area (Å²) in [7, 11) is 0. The molecule has 1 aliphatic rings. The molecule has 22 heavy (non-hydrogen) atoms. The molecule has 0 bridgehead atoms. The van der Waals surface area contributed by atoms with Crippen molar-refractivity contribution >= 4 is 11.8 Å². The van der Waals surface area contributed by atoms with E-state index in [-0.39, 0.29) is 17.9 Å². The van der Waals surface area contributed by atoms with Crippen molar-refractivity contribution in [3.8, 4) is 0 Å². The van der Waals surface area contributed by atoms with Crippen LogP contribution in [0.3, 0.4) is 0 Å². The van der Waals surface area contributed by atoms with Gasteiger partial charge in [0.1, 0.15) is 6.26 Å². The lowest BCUT2D eigenvalue weighted by atomic mass is 10.0. The molecule has 2 aromatic rings. The fourth-order valence-corrected chi connectivity index (χ4v) is 2.65. The summed E-state index contributed by atoms with van der Waals surface area (Å²) < 4.78 is 4.94. The number of nitrogens with zero attached hydrogens (tertiary/aromatic N) is 1. The second-order valence-corrected chi connectivity index (χ2v) is 5.42. The van der Waals surface area contributed by atoms with Crippen LogP contribution in [0, 0.1) is 0 Å². The second-order valence-electron chi connectivity index (χ2n) is 5.42. The zero-order valence-electron chi connectivity index (χ0n) is 12.2. The average Bonchev–Trinajstić information content (AvgIpc) is 3.10. The zero-order valence-corrected chi connectivity index (χ0v) is 12.2. The summed E-state index contributed by atoms with van der Waals surface area (Å²) in [4.78, 5) is 26.1. The molecule has 0 unspecified atom stereocenters. The van der Waals surface area contributed by atoms with Gasteiger partial charge in [0.15, 0.2) is 0 Å². The molecule has 2 heterocycles. The van der Waals surface area contributed by atoms with Crippen LogP contribution in [-0.2, 0) is 0 Å². The number of furan rings is 1. The summed E-state index contributed by atoms with van der Waals surface area (Å²) in [5.41, 5.74) is 1.24. The van der Waals surface area contributed by atoms with Gasteiger partial charge in [-0.25, -0.2) is 0 Å². The van der Waals surface area contributed by atoms with Crippen LogP contribution < -0.4 is 5.32 Å². The maximum Gasteiger partial charge on any atom is 0.257 e. The van der Waals surface area contributed by atoms with Gasteiger partial charge in [0.2, 0.25) is 0 Å². The molecule has 2 amide bonds. The molecule has 1 aromatic heterocycles. The number of piperidine rings is 1. The molecule has 5 heteroatoms. The highest BCUT2D eigenvalue weighted by molar-refractivity contribution is 5.95. The minimum absolute atomic E-state index is 0.0124. The highest BCUT2D eigenvalue weighted by Crippen LogP contribution is 2.15. The first-order valence-corrected chi connectivity index (χ1v) is 7.41. The van der Waals surface area contributed by atoms with E-state index < -0.39 is 0 Å². The van der Waals surface area contributed by atoms with E-state index in [0.29, 0.717) is 24.2 Å². The molecule has 0 saturated carbocycles. The van der Waals surface area contributed by atoms with Gasteiger partial charge in [0.25, 0.3) is 11.8 Å². The highest BCUT2D eigenvalue weighted by atomic mass is 16.3. The highest BCUT2D eigenvalue weighted by Gasteiger charge is 2.25. The van der Waals surface area contributed by atoms with E-state index in [2.05, 4.69) is 5.32 Å². The van der Waals surface area contributed by atoms with Gasteiger partial charge in [0, 0.05) is 24.7 Å². The Kier molecular flexibility index (Phi) is 4.23. The lowest BCUT2D eigenvalue weighted by molar-refractivity contribution is 0.0697. The summed E-state index contributed by atoms with van der Waals surface area (Å²) in [5.74, 6) is -0.0678. The van der Waals surface area contributed by atoms with Crippen LogP contribution in [0.4, 0.5) is 0 Å². The Morgan fingerprint density at radius 2 is 1.77 bits per heavy atom. The third kappa shape index (κ3) is 3.19. The number of benzene rings is 1. The molecule has 0 spiro atoms. The molecule has 1 N–H and O–H groups in total. The number of carbonyl (C=O) groups excluding carboxylic acids is 2. The van der Waals surface area contributed by atoms with E-state index in [1.165, 1.54) is 12.5 Å². The quantitative estimate of drug-likeness (QED) is 0.946. The van der Waals surface area contributed by atoms with Crippen molar-refractivity contribution in [2.45, 2.75) is 18.9 Å². The van der Waals surface area contributed by atoms with Crippen molar-refractivity contribution < 1.29 is 14.0 Å². The van der Waals surface area contributed by atoms with Crippen LogP contribution in [0.25, 0.3) is 0 Å². The van der Waals surface area contributed by atoms with Gasteiger partial charge in [0.05, 0.1) is 11.8 Å². The largest absolute Gasteiger partial charge is 0.472 e. The topological polar surface area (TPSA) is 62.6 Å². The summed E-state index contributed by atoms with van der Waals surface area (Å²) >= 11 is 0. The van der Waals surface area contributed by atoms with Crippen molar-refractivity contribution in [2.75, 3.05) is 13.1 Å². The Morgan fingerprint density at radius 3 is 2.41 bits per heavy atom. The van der Waals surface area contributed by atoms with E-state index in [0.717, 1.165) is 12.8 Å². The van der Waals surface area contributed by atoms with Crippen LogP contribution in [0.15, 0.2) is 53.3 Å². The summed E-state index contributed by atoms with van der Waals surface area (Å²) in [6.07, 6.45) is 4.50. The van der Waals surface area contributed by atoms with Crippen molar-refractivity contribution in [3.63, 3.8) is 0 Å². The Hall–Kier alpha value is -2.56. The first-order chi connectivity index (χ1) is 10.7. The Labute approximate surface area is 128 Å². The van der Waals surface area contributed by atoms with Gasteiger partial charge < -0.3 is 14.6 Å². The maximum absolute atomic E-state index is 12.2. The monoisotopic (exact) mass is 298 g/mol. The first kappa shape index (κ1) is 14.4. The number of carbonyl (C=O) groups is 2. The molecule has 3 rings (SSSR count). The molecule has 0 atom stereocenters.